The smallest absolute Gasteiger partial charge is 0.162 e. The molecule has 0 aliphatic carbocycles. The lowest BCUT2D eigenvalue weighted by Crippen LogP contribution is -2.34. The number of aromatic nitrogens is 5. The van der Waals surface area contributed by atoms with E-state index in [-0.39, 0.29) is 5.02 Å². The van der Waals surface area contributed by atoms with Gasteiger partial charge in [-0.3, -0.25) is 4.90 Å². The van der Waals surface area contributed by atoms with Gasteiger partial charge in [0.25, 0.3) is 0 Å². The van der Waals surface area contributed by atoms with Gasteiger partial charge in [-0.05, 0) is 30.7 Å². The van der Waals surface area contributed by atoms with Crippen LogP contribution in [-0.2, 0) is 13.1 Å². The molecule has 34 heavy (non-hydrogen) atoms. The van der Waals surface area contributed by atoms with Gasteiger partial charge in [-0.1, -0.05) is 11.6 Å². The second-order valence-corrected chi connectivity index (χ2v) is 8.32. The van der Waals surface area contributed by atoms with Gasteiger partial charge in [-0.15, -0.1) is 10.2 Å². The Balaban J connectivity index is 1.28. The van der Waals surface area contributed by atoms with E-state index in [1.165, 1.54) is 18.5 Å². The Kier molecular flexibility index (Phi) is 6.41. The zero-order valence-corrected chi connectivity index (χ0v) is 19.3. The number of hydrogen-bond acceptors (Lipinski definition) is 8. The molecule has 11 heteroatoms. The zero-order valence-electron chi connectivity index (χ0n) is 18.5. The maximum atomic E-state index is 13.5. The van der Waals surface area contributed by atoms with Crippen LogP contribution in [0.25, 0.3) is 10.9 Å². The Morgan fingerprint density at radius 2 is 2.06 bits per heavy atom. The van der Waals surface area contributed by atoms with E-state index in [4.69, 9.17) is 21.1 Å². The van der Waals surface area contributed by atoms with Crippen LogP contribution in [0, 0.1) is 5.82 Å². The summed E-state index contributed by atoms with van der Waals surface area (Å²) in [6.45, 7) is 4.07. The molecule has 2 aromatic heterocycles. The number of nitrogens with one attached hydrogen (secondary N) is 1. The highest BCUT2D eigenvalue weighted by Crippen LogP contribution is 2.35. The van der Waals surface area contributed by atoms with Crippen LogP contribution < -0.4 is 14.8 Å². The van der Waals surface area contributed by atoms with Crippen molar-refractivity contribution in [1.82, 2.24) is 29.6 Å². The molecular weight excluding hydrogens is 461 g/mol. The molecule has 0 radical (unpaired) electrons. The summed E-state index contributed by atoms with van der Waals surface area (Å²) < 4.78 is 27.2. The molecule has 0 unspecified atom stereocenters. The molecule has 0 spiro atoms. The maximum absolute atomic E-state index is 13.5. The number of methoxy groups -OCH3 is 1. The molecule has 1 N–H and O–H groups in total. The highest BCUT2D eigenvalue weighted by Gasteiger charge is 2.17. The molecule has 0 saturated carbocycles. The van der Waals surface area contributed by atoms with Crippen LogP contribution in [0.5, 0.6) is 11.5 Å². The van der Waals surface area contributed by atoms with Crippen molar-refractivity contribution in [2.45, 2.75) is 19.5 Å². The SMILES string of the molecule is COc1cc2ncnc(Nc3ccc(F)c(Cl)c3)c2cc1OCCCN1CCn2cnnc2C1. The summed E-state index contributed by atoms with van der Waals surface area (Å²) in [5.41, 5.74) is 1.30. The Labute approximate surface area is 200 Å². The second kappa shape index (κ2) is 9.78. The summed E-state index contributed by atoms with van der Waals surface area (Å²) in [4.78, 5) is 11.0. The lowest BCUT2D eigenvalue weighted by Gasteiger charge is -2.26. The fourth-order valence-electron chi connectivity index (χ4n) is 3.92. The standard InChI is InChI=1S/C23H23ClFN7O2/c1-33-20-11-19-16(23(27-13-26-19)29-15-3-4-18(25)17(24)9-15)10-21(20)34-8-2-5-31-6-7-32-14-28-30-22(32)12-31/h3-4,9-11,13-14H,2,5-8,12H2,1H3,(H,26,27,29). The van der Waals surface area contributed by atoms with Crippen molar-refractivity contribution < 1.29 is 13.9 Å². The normalized spacial score (nSPS) is 13.6. The monoisotopic (exact) mass is 483 g/mol. The minimum atomic E-state index is -0.480. The summed E-state index contributed by atoms with van der Waals surface area (Å²) in [6, 6.07) is 8.07. The van der Waals surface area contributed by atoms with Crippen molar-refractivity contribution in [1.29, 1.82) is 0 Å². The van der Waals surface area contributed by atoms with E-state index in [1.54, 1.807) is 19.5 Å². The van der Waals surface area contributed by atoms with Crippen LogP contribution in [-0.4, -0.2) is 56.4 Å². The summed E-state index contributed by atoms with van der Waals surface area (Å²) in [5, 5.41) is 12.1. The van der Waals surface area contributed by atoms with Crippen LogP contribution in [0.3, 0.4) is 0 Å². The highest BCUT2D eigenvalue weighted by molar-refractivity contribution is 6.31. The first-order valence-electron chi connectivity index (χ1n) is 10.9. The number of ether oxygens (including phenoxy) is 2. The number of fused-ring (bicyclic) bond motifs is 2. The van der Waals surface area contributed by atoms with Gasteiger partial charge in [0.05, 0.1) is 30.8 Å². The minimum absolute atomic E-state index is 0.0306. The van der Waals surface area contributed by atoms with E-state index < -0.39 is 5.82 Å². The molecule has 4 aromatic rings. The van der Waals surface area contributed by atoms with Crippen LogP contribution in [0.2, 0.25) is 5.02 Å². The van der Waals surface area contributed by atoms with Gasteiger partial charge in [0, 0.05) is 36.8 Å². The number of anilines is 2. The highest BCUT2D eigenvalue weighted by atomic mass is 35.5. The number of hydrogen-bond donors (Lipinski definition) is 1. The average Bonchev–Trinajstić information content (AvgIpc) is 3.32. The van der Waals surface area contributed by atoms with E-state index in [0.29, 0.717) is 35.1 Å². The van der Waals surface area contributed by atoms with Crippen molar-refractivity contribution in [3.63, 3.8) is 0 Å². The van der Waals surface area contributed by atoms with E-state index in [2.05, 4.69) is 34.9 Å². The molecule has 5 rings (SSSR count). The lowest BCUT2D eigenvalue weighted by atomic mass is 10.2. The van der Waals surface area contributed by atoms with E-state index in [0.717, 1.165) is 43.8 Å². The van der Waals surface area contributed by atoms with Crippen molar-refractivity contribution in [3.05, 3.63) is 59.7 Å². The predicted molar refractivity (Wildman–Crippen MR) is 126 cm³/mol. The van der Waals surface area contributed by atoms with Crippen molar-refractivity contribution in [2.24, 2.45) is 0 Å². The van der Waals surface area contributed by atoms with E-state index in [1.807, 2.05) is 12.1 Å². The topological polar surface area (TPSA) is 90.2 Å². The number of nitrogens with zero attached hydrogens (tertiary/aromatic N) is 6. The minimum Gasteiger partial charge on any atom is -0.493 e. The van der Waals surface area contributed by atoms with Gasteiger partial charge in [0.1, 0.15) is 30.1 Å². The third kappa shape index (κ3) is 4.73. The molecule has 3 heterocycles. The molecule has 0 bridgehead atoms. The molecular formula is C23H23ClFN7O2. The molecule has 2 aromatic carbocycles. The van der Waals surface area contributed by atoms with Crippen LogP contribution in [0.1, 0.15) is 12.2 Å². The Hall–Kier alpha value is -3.50. The average molecular weight is 484 g/mol. The van der Waals surface area contributed by atoms with Crippen LogP contribution in [0.15, 0.2) is 43.0 Å². The summed E-state index contributed by atoms with van der Waals surface area (Å²) in [5.74, 6) is 2.26. The first-order valence-corrected chi connectivity index (χ1v) is 11.2. The summed E-state index contributed by atoms with van der Waals surface area (Å²) in [6.07, 6.45) is 4.08. The van der Waals surface area contributed by atoms with Gasteiger partial charge < -0.3 is 19.4 Å². The number of benzene rings is 2. The molecule has 0 atom stereocenters. The molecule has 0 saturated heterocycles. The molecule has 0 amide bonds. The molecule has 1 aliphatic rings. The lowest BCUT2D eigenvalue weighted by molar-refractivity contribution is 0.194. The summed E-state index contributed by atoms with van der Waals surface area (Å²) in [7, 11) is 1.60. The van der Waals surface area contributed by atoms with Crippen LogP contribution in [0.4, 0.5) is 15.9 Å². The molecule has 1 aliphatic heterocycles. The van der Waals surface area contributed by atoms with Gasteiger partial charge >= 0.3 is 0 Å². The number of rotatable bonds is 8. The largest absolute Gasteiger partial charge is 0.493 e. The van der Waals surface area contributed by atoms with Crippen molar-refractivity contribution in [2.75, 3.05) is 32.1 Å². The molecule has 176 valence electrons. The van der Waals surface area contributed by atoms with Crippen molar-refractivity contribution in [3.8, 4) is 11.5 Å². The Bertz CT molecular complexity index is 1320. The number of halogens is 2. The van der Waals surface area contributed by atoms with Gasteiger partial charge in [0.2, 0.25) is 0 Å². The summed E-state index contributed by atoms with van der Waals surface area (Å²) >= 11 is 5.91. The van der Waals surface area contributed by atoms with Crippen molar-refractivity contribution >= 4 is 34.0 Å². The van der Waals surface area contributed by atoms with Gasteiger partial charge in [-0.2, -0.15) is 0 Å². The molecule has 9 nitrogen and oxygen atoms in total. The van der Waals surface area contributed by atoms with E-state index >= 15 is 0 Å². The maximum Gasteiger partial charge on any atom is 0.162 e. The van der Waals surface area contributed by atoms with Crippen LogP contribution >= 0.6 is 11.6 Å². The predicted octanol–water partition coefficient (Wildman–Crippen LogP) is 4.05. The Morgan fingerprint density at radius 1 is 1.15 bits per heavy atom. The van der Waals surface area contributed by atoms with E-state index in [9.17, 15) is 4.39 Å². The zero-order chi connectivity index (χ0) is 23.5. The third-order valence-corrected chi connectivity index (χ3v) is 5.99. The van der Waals surface area contributed by atoms with Gasteiger partial charge in [-0.25, -0.2) is 14.4 Å². The first kappa shape index (κ1) is 22.3. The van der Waals surface area contributed by atoms with Gasteiger partial charge in [0.15, 0.2) is 11.5 Å². The first-order chi connectivity index (χ1) is 16.6. The Morgan fingerprint density at radius 3 is 2.91 bits per heavy atom. The molecule has 0 fully saturated rings. The quantitative estimate of drug-likeness (QED) is 0.375. The third-order valence-electron chi connectivity index (χ3n) is 5.70. The second-order valence-electron chi connectivity index (χ2n) is 7.92. The fourth-order valence-corrected chi connectivity index (χ4v) is 4.10. The fraction of sp³-hybridized carbons (Fsp3) is 0.304.